The molecule has 3 fully saturated rings. The molecule has 0 aromatic rings. The van der Waals surface area contributed by atoms with E-state index < -0.39 is 9.84 Å². The number of hydrogen-bond donors (Lipinski definition) is 2. The number of hydrogen-bond acceptors (Lipinski definition) is 4. The van der Waals surface area contributed by atoms with Crippen molar-refractivity contribution in [3.05, 3.63) is 0 Å². The van der Waals surface area contributed by atoms with Crippen LogP contribution in [0.2, 0.25) is 0 Å². The Labute approximate surface area is 188 Å². The molecule has 1 aliphatic carbocycles. The van der Waals surface area contributed by atoms with Gasteiger partial charge < -0.3 is 15.4 Å². The molecular formula is C20H38IN3O3S. The number of nitrogens with zero attached hydrogens (tertiary/aromatic N) is 1. The summed E-state index contributed by atoms with van der Waals surface area (Å²) in [6.45, 7) is 5.81. The molecule has 2 heterocycles. The maximum Gasteiger partial charge on any atom is 0.191 e. The summed E-state index contributed by atoms with van der Waals surface area (Å²) in [5.41, 5.74) is 0. The SMILES string of the molecule is CC(C)C1CC(NC(=NCC2CCS(=O)(=O)C2)NC2CCCCC2)CCO1.I. The number of ether oxygens (including phenoxy) is 1. The molecule has 0 aromatic carbocycles. The summed E-state index contributed by atoms with van der Waals surface area (Å²) in [5, 5.41) is 7.28. The molecule has 2 saturated heterocycles. The third kappa shape index (κ3) is 7.63. The van der Waals surface area contributed by atoms with Crippen LogP contribution < -0.4 is 10.6 Å². The predicted molar refractivity (Wildman–Crippen MR) is 125 cm³/mol. The third-order valence-electron chi connectivity index (χ3n) is 6.18. The smallest absolute Gasteiger partial charge is 0.191 e. The standard InChI is InChI=1S/C20H37N3O3S.HI/c1-15(2)19-12-18(8-10-26-19)23-20(22-17-6-4-3-5-7-17)21-13-16-9-11-27(24,25)14-16;/h15-19H,3-14H2,1-2H3,(H2,21,22,23);1H. The summed E-state index contributed by atoms with van der Waals surface area (Å²) in [4.78, 5) is 4.82. The lowest BCUT2D eigenvalue weighted by molar-refractivity contribution is -0.0217. The lowest BCUT2D eigenvalue weighted by Gasteiger charge is -2.34. The minimum absolute atomic E-state index is 0. The molecule has 0 bridgehead atoms. The molecule has 164 valence electrons. The number of aliphatic imine (C=N–C) groups is 1. The second-order valence-electron chi connectivity index (χ2n) is 8.96. The summed E-state index contributed by atoms with van der Waals surface area (Å²) in [6, 6.07) is 0.853. The van der Waals surface area contributed by atoms with E-state index >= 15 is 0 Å². The normalized spacial score (nSPS) is 31.4. The molecule has 2 N–H and O–H groups in total. The Morgan fingerprint density at radius 3 is 2.43 bits per heavy atom. The average Bonchev–Trinajstić information content (AvgIpc) is 3.00. The van der Waals surface area contributed by atoms with Gasteiger partial charge in [-0.15, -0.1) is 24.0 Å². The van der Waals surface area contributed by atoms with Gasteiger partial charge >= 0.3 is 0 Å². The average molecular weight is 528 g/mol. The van der Waals surface area contributed by atoms with E-state index in [0.29, 0.717) is 42.2 Å². The van der Waals surface area contributed by atoms with Crippen LogP contribution in [0.1, 0.15) is 65.2 Å². The van der Waals surface area contributed by atoms with Crippen molar-refractivity contribution >= 4 is 39.8 Å². The highest BCUT2D eigenvalue weighted by atomic mass is 127. The lowest BCUT2D eigenvalue weighted by Crippen LogP contribution is -2.51. The predicted octanol–water partition coefficient (Wildman–Crippen LogP) is 3.11. The highest BCUT2D eigenvalue weighted by Gasteiger charge is 2.29. The van der Waals surface area contributed by atoms with Crippen LogP contribution in [0.15, 0.2) is 4.99 Å². The first-order valence-corrected chi connectivity index (χ1v) is 12.6. The van der Waals surface area contributed by atoms with Crippen LogP contribution in [0.4, 0.5) is 0 Å². The van der Waals surface area contributed by atoms with E-state index in [1.54, 1.807) is 0 Å². The van der Waals surface area contributed by atoms with Gasteiger partial charge in [-0.05, 0) is 43.9 Å². The second-order valence-corrected chi connectivity index (χ2v) is 11.2. The van der Waals surface area contributed by atoms with Crippen LogP contribution in [-0.4, -0.2) is 57.2 Å². The van der Waals surface area contributed by atoms with Gasteiger partial charge in [0.1, 0.15) is 0 Å². The molecule has 0 aromatic heterocycles. The summed E-state index contributed by atoms with van der Waals surface area (Å²) < 4.78 is 29.3. The Morgan fingerprint density at radius 2 is 1.79 bits per heavy atom. The maximum absolute atomic E-state index is 11.7. The monoisotopic (exact) mass is 527 g/mol. The first kappa shape index (κ1) is 24.2. The van der Waals surface area contributed by atoms with Crippen molar-refractivity contribution in [3.8, 4) is 0 Å². The summed E-state index contributed by atoms with van der Waals surface area (Å²) >= 11 is 0. The number of nitrogens with one attached hydrogen (secondary N) is 2. The number of halogens is 1. The van der Waals surface area contributed by atoms with Gasteiger partial charge in [-0.2, -0.15) is 0 Å². The van der Waals surface area contributed by atoms with E-state index in [-0.39, 0.29) is 29.9 Å². The summed E-state index contributed by atoms with van der Waals surface area (Å²) in [7, 11) is -2.84. The highest BCUT2D eigenvalue weighted by molar-refractivity contribution is 14.0. The van der Waals surface area contributed by atoms with Crippen LogP contribution in [0.5, 0.6) is 0 Å². The Morgan fingerprint density at radius 1 is 1.07 bits per heavy atom. The van der Waals surface area contributed by atoms with Gasteiger partial charge in [0.15, 0.2) is 15.8 Å². The van der Waals surface area contributed by atoms with E-state index in [2.05, 4.69) is 24.5 Å². The van der Waals surface area contributed by atoms with Crippen molar-refractivity contribution in [2.24, 2.45) is 16.8 Å². The molecule has 1 saturated carbocycles. The van der Waals surface area contributed by atoms with Crippen molar-refractivity contribution in [1.29, 1.82) is 0 Å². The molecule has 28 heavy (non-hydrogen) atoms. The van der Waals surface area contributed by atoms with Gasteiger partial charge in [-0.3, -0.25) is 4.99 Å². The minimum atomic E-state index is -2.84. The largest absolute Gasteiger partial charge is 0.378 e. The molecular weight excluding hydrogens is 489 g/mol. The fourth-order valence-corrected chi connectivity index (χ4v) is 6.28. The minimum Gasteiger partial charge on any atom is -0.378 e. The molecule has 3 aliphatic rings. The van der Waals surface area contributed by atoms with Crippen LogP contribution in [0.3, 0.4) is 0 Å². The van der Waals surface area contributed by atoms with E-state index in [1.165, 1.54) is 32.1 Å². The van der Waals surface area contributed by atoms with E-state index in [4.69, 9.17) is 9.73 Å². The Balaban J connectivity index is 0.00000280. The Hall–Kier alpha value is -0.0900. The van der Waals surface area contributed by atoms with Crippen molar-refractivity contribution in [1.82, 2.24) is 10.6 Å². The summed E-state index contributed by atoms with van der Waals surface area (Å²) in [6.07, 6.45) is 9.31. The molecule has 3 rings (SSSR count). The van der Waals surface area contributed by atoms with Gasteiger partial charge in [-0.25, -0.2) is 8.42 Å². The van der Waals surface area contributed by atoms with Crippen LogP contribution in [0.25, 0.3) is 0 Å². The number of guanidine groups is 1. The highest BCUT2D eigenvalue weighted by Crippen LogP contribution is 2.22. The number of sulfone groups is 1. The second kappa shape index (κ2) is 11.3. The van der Waals surface area contributed by atoms with Gasteiger partial charge in [0.25, 0.3) is 0 Å². The fraction of sp³-hybridized carbons (Fsp3) is 0.950. The zero-order valence-corrected chi connectivity index (χ0v) is 20.5. The Kier molecular flexibility index (Phi) is 9.80. The number of rotatable bonds is 5. The maximum atomic E-state index is 11.7. The van der Waals surface area contributed by atoms with Gasteiger partial charge in [0.2, 0.25) is 0 Å². The molecule has 0 spiro atoms. The summed E-state index contributed by atoms with van der Waals surface area (Å²) in [5.74, 6) is 2.17. The van der Waals surface area contributed by atoms with Crippen molar-refractivity contribution in [3.63, 3.8) is 0 Å². The van der Waals surface area contributed by atoms with Crippen molar-refractivity contribution < 1.29 is 13.2 Å². The van der Waals surface area contributed by atoms with Crippen LogP contribution >= 0.6 is 24.0 Å². The van der Waals surface area contributed by atoms with Crippen LogP contribution in [-0.2, 0) is 14.6 Å². The van der Waals surface area contributed by atoms with E-state index in [9.17, 15) is 8.42 Å². The molecule has 3 atom stereocenters. The quantitative estimate of drug-likeness (QED) is 0.327. The van der Waals surface area contributed by atoms with Crippen molar-refractivity contribution in [2.45, 2.75) is 83.4 Å². The zero-order valence-electron chi connectivity index (χ0n) is 17.4. The topological polar surface area (TPSA) is 79.8 Å². The first-order chi connectivity index (χ1) is 12.9. The van der Waals surface area contributed by atoms with E-state index in [1.807, 2.05) is 0 Å². The molecule has 8 heteroatoms. The van der Waals surface area contributed by atoms with Crippen molar-refractivity contribution in [2.75, 3.05) is 24.7 Å². The first-order valence-electron chi connectivity index (χ1n) is 10.8. The van der Waals surface area contributed by atoms with E-state index in [0.717, 1.165) is 31.8 Å². The molecule has 6 nitrogen and oxygen atoms in total. The lowest BCUT2D eigenvalue weighted by atomic mass is 9.95. The Bertz CT molecular complexity index is 606. The molecule has 0 radical (unpaired) electrons. The molecule has 0 amide bonds. The molecule has 3 unspecified atom stereocenters. The van der Waals surface area contributed by atoms with Gasteiger partial charge in [0, 0.05) is 25.2 Å². The fourth-order valence-electron chi connectivity index (χ4n) is 4.43. The third-order valence-corrected chi connectivity index (χ3v) is 8.02. The van der Waals surface area contributed by atoms with Crippen LogP contribution in [0, 0.1) is 11.8 Å². The van der Waals surface area contributed by atoms with Gasteiger partial charge in [-0.1, -0.05) is 33.1 Å². The zero-order chi connectivity index (χ0) is 19.3. The molecule has 2 aliphatic heterocycles. The van der Waals surface area contributed by atoms with Gasteiger partial charge in [0.05, 0.1) is 17.6 Å².